The van der Waals surface area contributed by atoms with Gasteiger partial charge >= 0.3 is 0 Å². The van der Waals surface area contributed by atoms with Crippen molar-refractivity contribution in [2.45, 2.75) is 52.3 Å². The average Bonchev–Trinajstić information content (AvgIpc) is 2.43. The molecule has 1 aliphatic rings. The summed E-state index contributed by atoms with van der Waals surface area (Å²) in [6.07, 6.45) is 1.04. The summed E-state index contributed by atoms with van der Waals surface area (Å²) in [5.41, 5.74) is 10.5. The third kappa shape index (κ3) is 3.60. The van der Waals surface area contributed by atoms with E-state index in [-0.39, 0.29) is 12.1 Å². The molecule has 1 aromatic carbocycles. The molecular weight excluding hydrogens is 248 g/mol. The third-order valence-electron chi connectivity index (χ3n) is 4.42. The molecule has 0 saturated carbocycles. The minimum Gasteiger partial charge on any atom is -0.374 e. The second-order valence-electron chi connectivity index (χ2n) is 6.24. The number of rotatable bonds is 4. The number of hydrogen-bond donors (Lipinski definition) is 1. The van der Waals surface area contributed by atoms with E-state index in [1.54, 1.807) is 0 Å². The maximum atomic E-state index is 6.43. The Morgan fingerprint density at radius 1 is 1.30 bits per heavy atom. The van der Waals surface area contributed by atoms with E-state index in [0.717, 1.165) is 26.1 Å². The van der Waals surface area contributed by atoms with Gasteiger partial charge in [0.2, 0.25) is 0 Å². The highest BCUT2D eigenvalue weighted by molar-refractivity contribution is 5.34. The van der Waals surface area contributed by atoms with Crippen molar-refractivity contribution in [2.75, 3.05) is 19.7 Å². The minimum absolute atomic E-state index is 0.0661. The van der Waals surface area contributed by atoms with Crippen LogP contribution in [0.2, 0.25) is 0 Å². The van der Waals surface area contributed by atoms with Gasteiger partial charge in [0.1, 0.15) is 0 Å². The van der Waals surface area contributed by atoms with Crippen molar-refractivity contribution >= 4 is 0 Å². The molecule has 112 valence electrons. The summed E-state index contributed by atoms with van der Waals surface area (Å²) in [5.74, 6) is 0. The Hall–Kier alpha value is -0.900. The first-order chi connectivity index (χ1) is 9.49. The number of morpholine rings is 1. The van der Waals surface area contributed by atoms with Crippen LogP contribution in [0.3, 0.4) is 0 Å². The Morgan fingerprint density at radius 3 is 2.55 bits per heavy atom. The molecule has 1 saturated heterocycles. The molecule has 0 aliphatic carbocycles. The molecule has 0 aromatic heterocycles. The smallest absolute Gasteiger partial charge is 0.0856 e. The maximum Gasteiger partial charge on any atom is 0.0856 e. The molecule has 20 heavy (non-hydrogen) atoms. The van der Waals surface area contributed by atoms with Gasteiger partial charge in [-0.1, -0.05) is 18.2 Å². The van der Waals surface area contributed by atoms with Crippen LogP contribution >= 0.6 is 0 Å². The third-order valence-corrected chi connectivity index (χ3v) is 4.42. The summed E-state index contributed by atoms with van der Waals surface area (Å²) < 4.78 is 5.91. The van der Waals surface area contributed by atoms with Gasteiger partial charge in [-0.25, -0.2) is 0 Å². The summed E-state index contributed by atoms with van der Waals surface area (Å²) in [7, 11) is 0. The molecule has 0 spiro atoms. The Labute approximate surface area is 123 Å². The molecule has 1 fully saturated rings. The highest BCUT2D eigenvalue weighted by Gasteiger charge is 2.27. The van der Waals surface area contributed by atoms with Crippen molar-refractivity contribution in [3.05, 3.63) is 34.9 Å². The Kier molecular flexibility index (Phi) is 5.19. The molecule has 3 heteroatoms. The largest absolute Gasteiger partial charge is 0.374 e. The number of hydrogen-bond acceptors (Lipinski definition) is 3. The molecule has 2 rings (SSSR count). The minimum atomic E-state index is 0.0661. The van der Waals surface area contributed by atoms with E-state index >= 15 is 0 Å². The lowest BCUT2D eigenvalue weighted by atomic mass is 9.94. The lowest BCUT2D eigenvalue weighted by Gasteiger charge is -2.38. The van der Waals surface area contributed by atoms with Crippen LogP contribution in [0.4, 0.5) is 0 Å². The summed E-state index contributed by atoms with van der Waals surface area (Å²) >= 11 is 0. The predicted octanol–water partition coefficient (Wildman–Crippen LogP) is 2.28. The summed E-state index contributed by atoms with van der Waals surface area (Å²) in [4.78, 5) is 2.46. The number of aryl methyl sites for hydroxylation is 2. The molecule has 0 amide bonds. The van der Waals surface area contributed by atoms with Crippen molar-refractivity contribution in [2.24, 2.45) is 5.73 Å². The van der Waals surface area contributed by atoms with Gasteiger partial charge < -0.3 is 10.5 Å². The van der Waals surface area contributed by atoms with Gasteiger partial charge in [-0.15, -0.1) is 0 Å². The fourth-order valence-electron chi connectivity index (χ4n) is 2.96. The van der Waals surface area contributed by atoms with Crippen molar-refractivity contribution in [1.29, 1.82) is 0 Å². The van der Waals surface area contributed by atoms with Gasteiger partial charge in [0.05, 0.1) is 12.7 Å². The van der Waals surface area contributed by atoms with Crippen molar-refractivity contribution in [3.63, 3.8) is 0 Å². The summed E-state index contributed by atoms with van der Waals surface area (Å²) in [6.45, 7) is 11.6. The van der Waals surface area contributed by atoms with E-state index in [1.165, 1.54) is 16.7 Å². The molecular formula is C17H28N2O. The fraction of sp³-hybridized carbons (Fsp3) is 0.647. The van der Waals surface area contributed by atoms with Crippen LogP contribution in [-0.2, 0) is 11.2 Å². The topological polar surface area (TPSA) is 38.5 Å². The van der Waals surface area contributed by atoms with E-state index in [9.17, 15) is 0 Å². The quantitative estimate of drug-likeness (QED) is 0.917. The number of nitrogens with two attached hydrogens (primary N) is 1. The predicted molar refractivity (Wildman–Crippen MR) is 84.0 cm³/mol. The number of benzene rings is 1. The Bertz CT molecular complexity index is 424. The SMILES string of the molecule is Cc1cccc(C)c1CC(N)C1CN(C(C)C)CCO1. The molecule has 0 bridgehead atoms. The van der Waals surface area contributed by atoms with Crippen molar-refractivity contribution < 1.29 is 4.74 Å². The van der Waals surface area contributed by atoms with Crippen LogP contribution < -0.4 is 5.73 Å². The van der Waals surface area contributed by atoms with E-state index in [0.29, 0.717) is 6.04 Å². The highest BCUT2D eigenvalue weighted by Crippen LogP contribution is 2.18. The van der Waals surface area contributed by atoms with Crippen LogP contribution in [0.1, 0.15) is 30.5 Å². The first-order valence-corrected chi connectivity index (χ1v) is 7.65. The molecule has 0 radical (unpaired) electrons. The highest BCUT2D eigenvalue weighted by atomic mass is 16.5. The van der Waals surface area contributed by atoms with Crippen molar-refractivity contribution in [1.82, 2.24) is 4.90 Å². The molecule has 1 heterocycles. The summed E-state index contributed by atoms with van der Waals surface area (Å²) in [6, 6.07) is 7.07. The molecule has 1 aliphatic heterocycles. The van der Waals surface area contributed by atoms with E-state index in [1.807, 2.05) is 0 Å². The molecule has 1 aromatic rings. The molecule has 2 unspecified atom stereocenters. The summed E-state index contributed by atoms with van der Waals surface area (Å²) in [5, 5.41) is 0. The molecule has 2 N–H and O–H groups in total. The van der Waals surface area contributed by atoms with Crippen LogP contribution in [0.25, 0.3) is 0 Å². The zero-order valence-corrected chi connectivity index (χ0v) is 13.2. The van der Waals surface area contributed by atoms with Crippen LogP contribution in [0, 0.1) is 13.8 Å². The van der Waals surface area contributed by atoms with Crippen LogP contribution in [-0.4, -0.2) is 42.8 Å². The molecule has 2 atom stereocenters. The average molecular weight is 276 g/mol. The Morgan fingerprint density at radius 2 is 1.95 bits per heavy atom. The van der Waals surface area contributed by atoms with Crippen molar-refractivity contribution in [3.8, 4) is 0 Å². The lowest BCUT2D eigenvalue weighted by Crippen LogP contribution is -2.53. The maximum absolute atomic E-state index is 6.43. The standard InChI is InChI=1S/C17H28N2O/c1-12(2)19-8-9-20-17(11-19)16(18)10-15-13(3)6-5-7-14(15)4/h5-7,12,16-17H,8-11,18H2,1-4H3. The van der Waals surface area contributed by atoms with Gasteiger partial charge in [0, 0.05) is 25.2 Å². The van der Waals surface area contributed by atoms with E-state index < -0.39 is 0 Å². The zero-order valence-electron chi connectivity index (χ0n) is 13.2. The van der Waals surface area contributed by atoms with Crippen LogP contribution in [0.15, 0.2) is 18.2 Å². The molecule has 3 nitrogen and oxygen atoms in total. The van der Waals surface area contributed by atoms with E-state index in [4.69, 9.17) is 10.5 Å². The second kappa shape index (κ2) is 6.70. The fourth-order valence-corrected chi connectivity index (χ4v) is 2.96. The zero-order chi connectivity index (χ0) is 14.7. The first-order valence-electron chi connectivity index (χ1n) is 7.65. The van der Waals surface area contributed by atoms with Gasteiger partial charge in [-0.2, -0.15) is 0 Å². The normalized spacial score (nSPS) is 22.2. The first kappa shape index (κ1) is 15.5. The van der Waals surface area contributed by atoms with Gasteiger partial charge in [0.25, 0.3) is 0 Å². The van der Waals surface area contributed by atoms with Gasteiger partial charge in [-0.3, -0.25) is 4.90 Å². The van der Waals surface area contributed by atoms with Gasteiger partial charge in [0.15, 0.2) is 0 Å². The number of nitrogens with zero attached hydrogens (tertiary/aromatic N) is 1. The second-order valence-corrected chi connectivity index (χ2v) is 6.24. The monoisotopic (exact) mass is 276 g/mol. The Balaban J connectivity index is 2.02. The van der Waals surface area contributed by atoms with Crippen LogP contribution in [0.5, 0.6) is 0 Å². The number of ether oxygens (including phenoxy) is 1. The van der Waals surface area contributed by atoms with Gasteiger partial charge in [-0.05, 0) is 50.8 Å². The van der Waals surface area contributed by atoms with E-state index in [2.05, 4.69) is 50.8 Å². The lowest BCUT2D eigenvalue weighted by molar-refractivity contribution is -0.0495.